The molecule has 0 spiro atoms. The Bertz CT molecular complexity index is 1080. The standard InChI is InChI=1S/C23H25N5O3S/c1-32-14-13-18(21-25-16-9-5-6-10-17(16)26-21)24-20(29)12-11-19-22(30)28(23(31)27-19)15-7-3-2-4-8-15/h2-10,18-19H,11-14H2,1H3,(H,24,29)(H,25,26)(H,27,31)/t18-,19-/m1/s1. The van der Waals surface area contributed by atoms with E-state index in [4.69, 9.17) is 0 Å². The van der Waals surface area contributed by atoms with Crippen molar-refractivity contribution < 1.29 is 14.4 Å². The van der Waals surface area contributed by atoms with E-state index in [-0.39, 0.29) is 30.7 Å². The van der Waals surface area contributed by atoms with E-state index in [1.807, 2.05) is 36.6 Å². The van der Waals surface area contributed by atoms with Gasteiger partial charge in [-0.15, -0.1) is 0 Å². The Morgan fingerprint density at radius 2 is 1.91 bits per heavy atom. The zero-order valence-corrected chi connectivity index (χ0v) is 18.5. The van der Waals surface area contributed by atoms with Crippen LogP contribution < -0.4 is 15.5 Å². The molecule has 0 bridgehead atoms. The molecule has 32 heavy (non-hydrogen) atoms. The molecule has 1 fully saturated rings. The quantitative estimate of drug-likeness (QED) is 0.433. The third kappa shape index (κ3) is 4.77. The van der Waals surface area contributed by atoms with Gasteiger partial charge in [0.25, 0.3) is 5.91 Å². The number of imide groups is 1. The van der Waals surface area contributed by atoms with Crippen molar-refractivity contribution in [1.29, 1.82) is 0 Å². The number of nitrogens with zero attached hydrogens (tertiary/aromatic N) is 2. The molecule has 3 N–H and O–H groups in total. The molecule has 166 valence electrons. The van der Waals surface area contributed by atoms with Crippen molar-refractivity contribution in [2.45, 2.75) is 31.3 Å². The summed E-state index contributed by atoms with van der Waals surface area (Å²) in [5.74, 6) is 1.06. The summed E-state index contributed by atoms with van der Waals surface area (Å²) >= 11 is 1.70. The Kier molecular flexibility index (Phi) is 6.75. The monoisotopic (exact) mass is 451 g/mol. The van der Waals surface area contributed by atoms with E-state index in [0.717, 1.165) is 28.1 Å². The fraction of sp³-hybridized carbons (Fsp3) is 0.304. The van der Waals surface area contributed by atoms with Crippen LogP contribution in [-0.4, -0.2) is 45.9 Å². The van der Waals surface area contributed by atoms with Gasteiger partial charge in [-0.3, -0.25) is 9.59 Å². The van der Waals surface area contributed by atoms with Crippen LogP contribution in [0.4, 0.5) is 10.5 Å². The van der Waals surface area contributed by atoms with Gasteiger partial charge in [-0.1, -0.05) is 30.3 Å². The summed E-state index contributed by atoms with van der Waals surface area (Å²) in [5, 5.41) is 5.72. The SMILES string of the molecule is CSCC[C@@H](NC(=O)CC[C@H]1NC(=O)N(c2ccccc2)C1=O)c1nc2ccccc2[nH]1. The lowest BCUT2D eigenvalue weighted by Gasteiger charge is -2.17. The average Bonchev–Trinajstić information content (AvgIpc) is 3.36. The van der Waals surface area contributed by atoms with Gasteiger partial charge in [0, 0.05) is 6.42 Å². The molecule has 0 radical (unpaired) electrons. The van der Waals surface area contributed by atoms with Crippen molar-refractivity contribution in [3.8, 4) is 0 Å². The molecule has 3 aromatic rings. The zero-order valence-electron chi connectivity index (χ0n) is 17.7. The first kappa shape index (κ1) is 21.9. The van der Waals surface area contributed by atoms with Crippen molar-refractivity contribution in [3.63, 3.8) is 0 Å². The van der Waals surface area contributed by atoms with E-state index in [1.165, 1.54) is 0 Å². The van der Waals surface area contributed by atoms with Gasteiger partial charge in [0.2, 0.25) is 5.91 Å². The van der Waals surface area contributed by atoms with Crippen LogP contribution in [0.1, 0.15) is 31.1 Å². The molecule has 4 rings (SSSR count). The third-order valence-electron chi connectivity index (χ3n) is 5.38. The lowest BCUT2D eigenvalue weighted by Crippen LogP contribution is -2.34. The Morgan fingerprint density at radius 1 is 1.16 bits per heavy atom. The Labute approximate surface area is 190 Å². The number of H-pyrrole nitrogens is 1. The molecule has 0 aliphatic carbocycles. The zero-order chi connectivity index (χ0) is 22.5. The molecule has 4 amide bonds. The van der Waals surface area contributed by atoms with Crippen molar-refractivity contribution in [3.05, 3.63) is 60.4 Å². The Balaban J connectivity index is 1.38. The van der Waals surface area contributed by atoms with Gasteiger partial charge in [0.05, 0.1) is 22.8 Å². The molecule has 1 aliphatic heterocycles. The average molecular weight is 452 g/mol. The number of benzene rings is 2. The van der Waals surface area contributed by atoms with Gasteiger partial charge in [-0.05, 0) is 49.1 Å². The highest BCUT2D eigenvalue weighted by atomic mass is 32.2. The number of hydrogen-bond donors (Lipinski definition) is 3. The van der Waals surface area contributed by atoms with E-state index in [2.05, 4.69) is 20.6 Å². The maximum atomic E-state index is 12.7. The lowest BCUT2D eigenvalue weighted by molar-refractivity contribution is -0.122. The number of carbonyl (C=O) groups excluding carboxylic acids is 3. The van der Waals surface area contributed by atoms with Gasteiger partial charge >= 0.3 is 6.03 Å². The van der Waals surface area contributed by atoms with E-state index in [1.54, 1.807) is 36.0 Å². The minimum absolute atomic E-state index is 0.120. The number of nitrogens with one attached hydrogen (secondary N) is 3. The smallest absolute Gasteiger partial charge is 0.329 e. The van der Waals surface area contributed by atoms with Gasteiger partial charge in [-0.2, -0.15) is 11.8 Å². The number of thioether (sulfide) groups is 1. The van der Waals surface area contributed by atoms with Crippen molar-refractivity contribution in [2.24, 2.45) is 0 Å². The summed E-state index contributed by atoms with van der Waals surface area (Å²) in [5.41, 5.74) is 2.29. The molecule has 2 atom stereocenters. The molecule has 2 heterocycles. The minimum Gasteiger partial charge on any atom is -0.346 e. The number of anilines is 1. The largest absolute Gasteiger partial charge is 0.346 e. The number of imidazole rings is 1. The number of rotatable bonds is 9. The van der Waals surface area contributed by atoms with Gasteiger partial charge in [-0.25, -0.2) is 14.7 Å². The normalized spacial score (nSPS) is 16.9. The minimum atomic E-state index is -0.718. The second kappa shape index (κ2) is 9.86. The van der Waals surface area contributed by atoms with Gasteiger partial charge < -0.3 is 15.6 Å². The predicted octanol–water partition coefficient (Wildman–Crippen LogP) is 3.38. The molecule has 2 aromatic carbocycles. The number of fused-ring (bicyclic) bond motifs is 1. The summed E-state index contributed by atoms with van der Waals surface area (Å²) in [6.07, 6.45) is 3.10. The van der Waals surface area contributed by atoms with Crippen molar-refractivity contribution in [2.75, 3.05) is 16.9 Å². The van der Waals surface area contributed by atoms with E-state index < -0.39 is 12.1 Å². The molecule has 9 heteroatoms. The van der Waals surface area contributed by atoms with Crippen LogP contribution >= 0.6 is 11.8 Å². The van der Waals surface area contributed by atoms with Crippen LogP contribution in [0.2, 0.25) is 0 Å². The Hall–Kier alpha value is -3.33. The second-order valence-electron chi connectivity index (χ2n) is 7.59. The van der Waals surface area contributed by atoms with E-state index >= 15 is 0 Å². The Morgan fingerprint density at radius 3 is 2.66 bits per heavy atom. The highest BCUT2D eigenvalue weighted by Crippen LogP contribution is 2.22. The van der Waals surface area contributed by atoms with Gasteiger partial charge in [0.15, 0.2) is 0 Å². The number of urea groups is 1. The summed E-state index contributed by atoms with van der Waals surface area (Å²) in [4.78, 5) is 46.7. The number of aromatic nitrogens is 2. The molecule has 0 saturated carbocycles. The fourth-order valence-electron chi connectivity index (χ4n) is 3.74. The predicted molar refractivity (Wildman–Crippen MR) is 125 cm³/mol. The van der Waals surface area contributed by atoms with E-state index in [9.17, 15) is 14.4 Å². The highest BCUT2D eigenvalue weighted by molar-refractivity contribution is 7.98. The number of para-hydroxylation sites is 3. The molecule has 1 aromatic heterocycles. The first-order chi connectivity index (χ1) is 15.6. The number of aromatic amines is 1. The van der Waals surface area contributed by atoms with Crippen LogP contribution in [-0.2, 0) is 9.59 Å². The third-order valence-corrected chi connectivity index (χ3v) is 6.02. The van der Waals surface area contributed by atoms with Gasteiger partial charge in [0.1, 0.15) is 11.9 Å². The molecular formula is C23H25N5O3S. The molecule has 1 aliphatic rings. The van der Waals surface area contributed by atoms with Crippen LogP contribution in [0.3, 0.4) is 0 Å². The summed E-state index contributed by atoms with van der Waals surface area (Å²) in [6.45, 7) is 0. The number of hydrogen-bond acceptors (Lipinski definition) is 5. The first-order valence-corrected chi connectivity index (χ1v) is 11.9. The lowest BCUT2D eigenvalue weighted by atomic mass is 10.1. The van der Waals surface area contributed by atoms with Crippen LogP contribution in [0.25, 0.3) is 11.0 Å². The molecule has 8 nitrogen and oxygen atoms in total. The number of carbonyl (C=O) groups is 3. The van der Waals surface area contributed by atoms with Crippen LogP contribution in [0, 0.1) is 0 Å². The van der Waals surface area contributed by atoms with Crippen molar-refractivity contribution in [1.82, 2.24) is 20.6 Å². The fourth-order valence-corrected chi connectivity index (χ4v) is 4.21. The summed E-state index contributed by atoms with van der Waals surface area (Å²) in [6, 6.07) is 15.1. The molecular weight excluding hydrogens is 426 g/mol. The topological polar surface area (TPSA) is 107 Å². The summed E-state index contributed by atoms with van der Waals surface area (Å²) < 4.78 is 0. The van der Waals surface area contributed by atoms with E-state index in [0.29, 0.717) is 11.5 Å². The number of amides is 4. The maximum Gasteiger partial charge on any atom is 0.329 e. The highest BCUT2D eigenvalue weighted by Gasteiger charge is 2.38. The molecule has 1 saturated heterocycles. The second-order valence-corrected chi connectivity index (χ2v) is 8.58. The first-order valence-electron chi connectivity index (χ1n) is 10.5. The van der Waals surface area contributed by atoms with Crippen LogP contribution in [0.5, 0.6) is 0 Å². The van der Waals surface area contributed by atoms with Crippen molar-refractivity contribution >= 4 is 46.3 Å². The maximum absolute atomic E-state index is 12.7. The van der Waals surface area contributed by atoms with Crippen LogP contribution in [0.15, 0.2) is 54.6 Å². The molecule has 0 unspecified atom stereocenters. The summed E-state index contributed by atoms with van der Waals surface area (Å²) in [7, 11) is 0.